The molecule has 0 amide bonds. The second-order valence-electron chi connectivity index (χ2n) is 4.47. The van der Waals surface area contributed by atoms with Crippen molar-refractivity contribution in [3.05, 3.63) is 23.8 Å². The molecule has 4 heteroatoms. The molecule has 2 rings (SSSR count). The number of nitrogens with one attached hydrogen (secondary N) is 1. The number of hydrogen-bond donors (Lipinski definition) is 1. The van der Waals surface area contributed by atoms with Crippen LogP contribution in [0, 0.1) is 0 Å². The first kappa shape index (κ1) is 13.6. The van der Waals surface area contributed by atoms with Gasteiger partial charge in [-0.2, -0.15) is 11.8 Å². The number of hydrogen-bond acceptors (Lipinski definition) is 4. The third kappa shape index (κ3) is 3.56. The molecule has 1 aliphatic rings. The Morgan fingerprint density at radius 1 is 1.33 bits per heavy atom. The molecule has 0 spiro atoms. The normalized spacial score (nSPS) is 19.6. The predicted molar refractivity (Wildman–Crippen MR) is 76.7 cm³/mol. The van der Waals surface area contributed by atoms with E-state index in [-0.39, 0.29) is 0 Å². The number of methoxy groups -OCH3 is 2. The SMILES string of the molecule is COc1ccc(OC)c(CNC2CCCSC2)c1. The van der Waals surface area contributed by atoms with Crippen molar-refractivity contribution in [3.8, 4) is 11.5 Å². The van der Waals surface area contributed by atoms with Crippen molar-refractivity contribution in [1.29, 1.82) is 0 Å². The van der Waals surface area contributed by atoms with Crippen LogP contribution in [-0.2, 0) is 6.54 Å². The van der Waals surface area contributed by atoms with E-state index in [1.54, 1.807) is 14.2 Å². The number of thioether (sulfide) groups is 1. The van der Waals surface area contributed by atoms with Gasteiger partial charge in [-0.1, -0.05) is 0 Å². The molecule has 1 fully saturated rings. The zero-order valence-corrected chi connectivity index (χ0v) is 11.9. The highest BCUT2D eigenvalue weighted by molar-refractivity contribution is 7.99. The average Bonchev–Trinajstić information content (AvgIpc) is 2.45. The van der Waals surface area contributed by atoms with Gasteiger partial charge in [0.15, 0.2) is 0 Å². The Morgan fingerprint density at radius 2 is 2.22 bits per heavy atom. The maximum atomic E-state index is 5.38. The van der Waals surface area contributed by atoms with Crippen LogP contribution in [0.3, 0.4) is 0 Å². The molecule has 1 heterocycles. The monoisotopic (exact) mass is 267 g/mol. The van der Waals surface area contributed by atoms with Gasteiger partial charge in [0.25, 0.3) is 0 Å². The molecule has 1 aliphatic heterocycles. The predicted octanol–water partition coefficient (Wildman–Crippen LogP) is 2.69. The molecule has 1 aromatic carbocycles. The fourth-order valence-corrected chi connectivity index (χ4v) is 3.28. The Labute approximate surface area is 113 Å². The molecule has 1 aromatic rings. The van der Waals surface area contributed by atoms with Gasteiger partial charge in [0.1, 0.15) is 11.5 Å². The molecule has 18 heavy (non-hydrogen) atoms. The molecule has 0 saturated carbocycles. The molecule has 0 radical (unpaired) electrons. The second-order valence-corrected chi connectivity index (χ2v) is 5.62. The van der Waals surface area contributed by atoms with E-state index in [9.17, 15) is 0 Å². The summed E-state index contributed by atoms with van der Waals surface area (Å²) in [6, 6.07) is 6.56. The number of rotatable bonds is 5. The van der Waals surface area contributed by atoms with Crippen molar-refractivity contribution >= 4 is 11.8 Å². The van der Waals surface area contributed by atoms with Crippen LogP contribution in [0.2, 0.25) is 0 Å². The maximum absolute atomic E-state index is 5.38. The van der Waals surface area contributed by atoms with E-state index in [0.29, 0.717) is 6.04 Å². The molecule has 0 bridgehead atoms. The number of benzene rings is 1. The summed E-state index contributed by atoms with van der Waals surface area (Å²) in [6.45, 7) is 0.839. The van der Waals surface area contributed by atoms with Crippen LogP contribution in [0.5, 0.6) is 11.5 Å². The summed E-state index contributed by atoms with van der Waals surface area (Å²) in [6.07, 6.45) is 2.59. The smallest absolute Gasteiger partial charge is 0.123 e. The van der Waals surface area contributed by atoms with E-state index in [1.807, 2.05) is 30.0 Å². The summed E-state index contributed by atoms with van der Waals surface area (Å²) in [5.41, 5.74) is 1.16. The fourth-order valence-electron chi connectivity index (χ4n) is 2.18. The Kier molecular flexibility index (Phi) is 5.20. The van der Waals surface area contributed by atoms with Gasteiger partial charge in [-0.25, -0.2) is 0 Å². The molecule has 1 saturated heterocycles. The first-order valence-corrected chi connectivity index (χ1v) is 7.51. The van der Waals surface area contributed by atoms with Crippen molar-refractivity contribution < 1.29 is 9.47 Å². The van der Waals surface area contributed by atoms with Gasteiger partial charge in [-0.3, -0.25) is 0 Å². The topological polar surface area (TPSA) is 30.5 Å². The van der Waals surface area contributed by atoms with Crippen molar-refractivity contribution in [1.82, 2.24) is 5.32 Å². The lowest BCUT2D eigenvalue weighted by Crippen LogP contribution is -2.33. The van der Waals surface area contributed by atoms with Gasteiger partial charge in [0.2, 0.25) is 0 Å². The van der Waals surface area contributed by atoms with Crippen molar-refractivity contribution in [2.24, 2.45) is 0 Å². The summed E-state index contributed by atoms with van der Waals surface area (Å²) in [5.74, 6) is 4.32. The third-order valence-electron chi connectivity index (χ3n) is 3.23. The lowest BCUT2D eigenvalue weighted by Gasteiger charge is -2.23. The minimum Gasteiger partial charge on any atom is -0.497 e. The van der Waals surface area contributed by atoms with Crippen molar-refractivity contribution in [2.45, 2.75) is 25.4 Å². The third-order valence-corrected chi connectivity index (χ3v) is 4.44. The summed E-state index contributed by atoms with van der Waals surface area (Å²) < 4.78 is 10.6. The van der Waals surface area contributed by atoms with Crippen LogP contribution in [-0.4, -0.2) is 31.8 Å². The maximum Gasteiger partial charge on any atom is 0.123 e. The van der Waals surface area contributed by atoms with Gasteiger partial charge in [0.05, 0.1) is 14.2 Å². The average molecular weight is 267 g/mol. The Bertz CT molecular complexity index is 378. The minimum absolute atomic E-state index is 0.625. The standard InChI is InChI=1S/C14H21NO2S/c1-16-13-5-6-14(17-2)11(8-13)9-15-12-4-3-7-18-10-12/h5-6,8,12,15H,3-4,7,9-10H2,1-2H3. The van der Waals surface area contributed by atoms with Crippen LogP contribution < -0.4 is 14.8 Å². The van der Waals surface area contributed by atoms with Crippen LogP contribution in [0.15, 0.2) is 18.2 Å². The molecule has 0 aromatic heterocycles. The van der Waals surface area contributed by atoms with Gasteiger partial charge in [-0.15, -0.1) is 0 Å². The van der Waals surface area contributed by atoms with Gasteiger partial charge < -0.3 is 14.8 Å². The molecule has 100 valence electrons. The Hall–Kier alpha value is -0.870. The first-order valence-electron chi connectivity index (χ1n) is 6.35. The fraction of sp³-hybridized carbons (Fsp3) is 0.571. The van der Waals surface area contributed by atoms with E-state index >= 15 is 0 Å². The van der Waals surface area contributed by atoms with E-state index in [1.165, 1.54) is 24.3 Å². The highest BCUT2D eigenvalue weighted by Crippen LogP contribution is 2.24. The van der Waals surface area contributed by atoms with Gasteiger partial charge in [0, 0.05) is 23.9 Å². The van der Waals surface area contributed by atoms with Crippen molar-refractivity contribution in [3.63, 3.8) is 0 Å². The molecular weight excluding hydrogens is 246 g/mol. The van der Waals surface area contributed by atoms with E-state index in [0.717, 1.165) is 23.6 Å². The summed E-state index contributed by atoms with van der Waals surface area (Å²) in [7, 11) is 3.40. The zero-order chi connectivity index (χ0) is 12.8. The summed E-state index contributed by atoms with van der Waals surface area (Å²) >= 11 is 2.04. The molecule has 3 nitrogen and oxygen atoms in total. The van der Waals surface area contributed by atoms with E-state index < -0.39 is 0 Å². The lowest BCUT2D eigenvalue weighted by molar-refractivity contribution is 0.394. The van der Waals surface area contributed by atoms with E-state index in [2.05, 4.69) is 5.32 Å². The molecule has 1 unspecified atom stereocenters. The van der Waals surface area contributed by atoms with Gasteiger partial charge in [-0.05, 0) is 36.8 Å². The highest BCUT2D eigenvalue weighted by Gasteiger charge is 2.14. The minimum atomic E-state index is 0.625. The van der Waals surface area contributed by atoms with Crippen LogP contribution in [0.1, 0.15) is 18.4 Å². The molecular formula is C14H21NO2S. The second kappa shape index (κ2) is 6.90. The number of ether oxygens (including phenoxy) is 2. The van der Waals surface area contributed by atoms with Crippen LogP contribution in [0.4, 0.5) is 0 Å². The molecule has 1 N–H and O–H groups in total. The van der Waals surface area contributed by atoms with Crippen molar-refractivity contribution in [2.75, 3.05) is 25.7 Å². The van der Waals surface area contributed by atoms with E-state index in [4.69, 9.17) is 9.47 Å². The molecule has 1 atom stereocenters. The zero-order valence-electron chi connectivity index (χ0n) is 11.1. The summed E-state index contributed by atoms with van der Waals surface area (Å²) in [5, 5.41) is 3.61. The Balaban J connectivity index is 1.97. The van der Waals surface area contributed by atoms with Crippen LogP contribution >= 0.6 is 11.8 Å². The first-order chi connectivity index (χ1) is 8.83. The highest BCUT2D eigenvalue weighted by atomic mass is 32.2. The Morgan fingerprint density at radius 3 is 2.89 bits per heavy atom. The quantitative estimate of drug-likeness (QED) is 0.888. The molecule has 0 aliphatic carbocycles. The van der Waals surface area contributed by atoms with Gasteiger partial charge >= 0.3 is 0 Å². The lowest BCUT2D eigenvalue weighted by atomic mass is 10.1. The summed E-state index contributed by atoms with van der Waals surface area (Å²) in [4.78, 5) is 0. The van der Waals surface area contributed by atoms with Crippen LogP contribution in [0.25, 0.3) is 0 Å². The largest absolute Gasteiger partial charge is 0.497 e.